The normalized spacial score (nSPS) is 15.6. The molecular weight excluding hydrogens is 388 g/mol. The number of carbonyl (C=O) groups excluding carboxylic acids is 1. The zero-order chi connectivity index (χ0) is 21.3. The van der Waals surface area contributed by atoms with E-state index in [1.165, 1.54) is 11.8 Å². The predicted molar refractivity (Wildman–Crippen MR) is 114 cm³/mol. The zero-order valence-corrected chi connectivity index (χ0v) is 18.4. The van der Waals surface area contributed by atoms with Crippen molar-refractivity contribution in [3.63, 3.8) is 0 Å². The van der Waals surface area contributed by atoms with E-state index in [0.29, 0.717) is 18.8 Å². The number of piperazine rings is 1. The highest BCUT2D eigenvalue weighted by Crippen LogP contribution is 2.34. The van der Waals surface area contributed by atoms with Crippen LogP contribution >= 0.6 is 11.8 Å². The van der Waals surface area contributed by atoms with Gasteiger partial charge in [-0.1, -0.05) is 12.1 Å². The molecule has 1 aromatic heterocycles. The molecule has 1 aliphatic heterocycles. The number of carboxylic acid groups (broad SMARTS) is 1. The van der Waals surface area contributed by atoms with Crippen molar-refractivity contribution < 1.29 is 14.7 Å². The van der Waals surface area contributed by atoms with Crippen molar-refractivity contribution in [3.05, 3.63) is 35.7 Å². The molecule has 1 aromatic carbocycles. The van der Waals surface area contributed by atoms with E-state index in [1.54, 1.807) is 13.8 Å². The predicted octanol–water partition coefficient (Wildman–Crippen LogP) is 2.74. The first-order chi connectivity index (χ1) is 13.6. The smallest absolute Gasteiger partial charge is 0.319 e. The summed E-state index contributed by atoms with van der Waals surface area (Å²) in [7, 11) is 3.97. The largest absolute Gasteiger partial charge is 0.480 e. The van der Waals surface area contributed by atoms with Crippen molar-refractivity contribution in [1.29, 1.82) is 0 Å². The Kier molecular flexibility index (Phi) is 6.05. The number of hydrogen-bond acceptors (Lipinski definition) is 5. The second-order valence-corrected chi connectivity index (χ2v) is 9.66. The van der Waals surface area contributed by atoms with E-state index in [9.17, 15) is 14.7 Å². The molecular formula is C21H28N4O3S. The van der Waals surface area contributed by atoms with Crippen molar-refractivity contribution >= 4 is 23.6 Å². The third-order valence-electron chi connectivity index (χ3n) is 5.37. The maximum absolute atomic E-state index is 13.0. The Bertz CT molecular complexity index is 913. The molecule has 7 nitrogen and oxygen atoms in total. The number of likely N-dealkylation sites (N-methyl/N-ethyl adjacent to an activating group) is 1. The topological polar surface area (TPSA) is 78.7 Å². The summed E-state index contributed by atoms with van der Waals surface area (Å²) < 4.78 is 1.04. The van der Waals surface area contributed by atoms with Gasteiger partial charge in [0.05, 0.1) is 0 Å². The molecule has 0 radical (unpaired) electrons. The highest BCUT2D eigenvalue weighted by atomic mass is 32.2. The second-order valence-electron chi connectivity index (χ2n) is 7.97. The van der Waals surface area contributed by atoms with Crippen LogP contribution in [0.4, 0.5) is 0 Å². The quantitative estimate of drug-likeness (QED) is 0.755. The van der Waals surface area contributed by atoms with Gasteiger partial charge in [0.1, 0.15) is 16.3 Å². The summed E-state index contributed by atoms with van der Waals surface area (Å²) in [5, 5.41) is 9.31. The summed E-state index contributed by atoms with van der Waals surface area (Å²) in [6.45, 7) is 8.46. The molecule has 1 N–H and O–H groups in total. The van der Waals surface area contributed by atoms with Crippen LogP contribution in [0.3, 0.4) is 0 Å². The number of amides is 1. The van der Waals surface area contributed by atoms with Gasteiger partial charge in [-0.3, -0.25) is 9.59 Å². The van der Waals surface area contributed by atoms with E-state index in [4.69, 9.17) is 0 Å². The van der Waals surface area contributed by atoms with Crippen molar-refractivity contribution in [3.8, 4) is 11.4 Å². The van der Waals surface area contributed by atoms with Crippen LogP contribution in [0, 0.1) is 6.92 Å². The lowest BCUT2D eigenvalue weighted by Crippen LogP contribution is -2.47. The number of nitrogens with zero attached hydrogens (tertiary/aromatic N) is 4. The summed E-state index contributed by atoms with van der Waals surface area (Å²) in [5.41, 5.74) is 2.23. The number of aromatic nitrogens is 2. The fourth-order valence-electron chi connectivity index (χ4n) is 3.21. The van der Waals surface area contributed by atoms with Crippen molar-refractivity contribution in [2.45, 2.75) is 30.4 Å². The Labute approximate surface area is 175 Å². The first kappa shape index (κ1) is 21.4. The van der Waals surface area contributed by atoms with Crippen molar-refractivity contribution in [1.82, 2.24) is 19.4 Å². The maximum Gasteiger partial charge on any atom is 0.319 e. The Morgan fingerprint density at radius 1 is 1.07 bits per heavy atom. The minimum absolute atomic E-state index is 0.0205. The van der Waals surface area contributed by atoms with E-state index in [-0.39, 0.29) is 5.91 Å². The van der Waals surface area contributed by atoms with Crippen LogP contribution in [-0.2, 0) is 11.8 Å². The van der Waals surface area contributed by atoms with Crippen LogP contribution in [0.1, 0.15) is 30.0 Å². The van der Waals surface area contributed by atoms with E-state index in [2.05, 4.69) is 16.9 Å². The summed E-state index contributed by atoms with van der Waals surface area (Å²) in [5.74, 6) is -0.139. The Hall–Kier alpha value is -2.32. The van der Waals surface area contributed by atoms with Crippen LogP contribution in [-0.4, -0.2) is 74.3 Å². The monoisotopic (exact) mass is 416 g/mol. The average Bonchev–Trinajstić information content (AvgIpc) is 2.97. The first-order valence-electron chi connectivity index (χ1n) is 9.64. The molecule has 0 saturated carbocycles. The van der Waals surface area contributed by atoms with Gasteiger partial charge in [0, 0.05) is 49.4 Å². The molecule has 8 heteroatoms. The van der Waals surface area contributed by atoms with Crippen LogP contribution in [0.15, 0.2) is 29.2 Å². The van der Waals surface area contributed by atoms with Crippen LogP contribution in [0.25, 0.3) is 11.4 Å². The molecule has 29 heavy (non-hydrogen) atoms. The minimum atomic E-state index is -0.899. The van der Waals surface area contributed by atoms with Gasteiger partial charge in [0.15, 0.2) is 0 Å². The number of carbonyl (C=O) groups is 2. The van der Waals surface area contributed by atoms with Gasteiger partial charge in [-0.15, -0.1) is 11.8 Å². The lowest BCUT2D eigenvalue weighted by atomic mass is 10.2. The third kappa shape index (κ3) is 4.48. The first-order valence-corrected chi connectivity index (χ1v) is 10.5. The standard InChI is InChI=1S/C21H28N4O3S/c1-14-17(19(26)25-12-10-23(4)11-13-25)22-18(24(14)5)15-6-8-16(9-7-15)29-21(2,3)20(27)28/h6-9H,10-13H2,1-5H3,(H,27,28). The molecule has 0 spiro atoms. The number of rotatable bonds is 5. The van der Waals surface area contributed by atoms with Gasteiger partial charge in [0.25, 0.3) is 5.91 Å². The van der Waals surface area contributed by atoms with Crippen molar-refractivity contribution in [2.75, 3.05) is 33.2 Å². The molecule has 0 atom stereocenters. The van der Waals surface area contributed by atoms with Crippen LogP contribution < -0.4 is 0 Å². The molecule has 3 rings (SSSR count). The average molecular weight is 417 g/mol. The maximum atomic E-state index is 13.0. The van der Waals surface area contributed by atoms with Gasteiger partial charge in [-0.05, 0) is 40.0 Å². The van der Waals surface area contributed by atoms with E-state index in [1.807, 2.05) is 47.7 Å². The molecule has 1 saturated heterocycles. The molecule has 0 unspecified atom stereocenters. The number of hydrogen-bond donors (Lipinski definition) is 1. The summed E-state index contributed by atoms with van der Waals surface area (Å²) >= 11 is 1.30. The molecule has 1 fully saturated rings. The highest BCUT2D eigenvalue weighted by molar-refractivity contribution is 8.01. The van der Waals surface area contributed by atoms with Gasteiger partial charge in [-0.25, -0.2) is 4.98 Å². The molecule has 2 heterocycles. The molecule has 1 amide bonds. The number of imidazole rings is 1. The second kappa shape index (κ2) is 8.20. The van der Waals surface area contributed by atoms with E-state index < -0.39 is 10.7 Å². The van der Waals surface area contributed by atoms with Crippen LogP contribution in [0.5, 0.6) is 0 Å². The Balaban J connectivity index is 1.82. The number of benzene rings is 1. The Morgan fingerprint density at radius 2 is 1.66 bits per heavy atom. The molecule has 0 bridgehead atoms. The third-order valence-corrected chi connectivity index (χ3v) is 6.57. The van der Waals surface area contributed by atoms with Gasteiger partial charge in [0.2, 0.25) is 0 Å². The Morgan fingerprint density at radius 3 is 2.21 bits per heavy atom. The summed E-state index contributed by atoms with van der Waals surface area (Å²) in [4.78, 5) is 33.9. The minimum Gasteiger partial charge on any atom is -0.480 e. The molecule has 2 aromatic rings. The number of carboxylic acids is 1. The zero-order valence-electron chi connectivity index (χ0n) is 17.6. The molecule has 156 valence electrons. The molecule has 1 aliphatic rings. The fourth-order valence-corrected chi connectivity index (χ4v) is 4.16. The van der Waals surface area contributed by atoms with Gasteiger partial charge < -0.3 is 19.5 Å². The van der Waals surface area contributed by atoms with Crippen LogP contribution in [0.2, 0.25) is 0 Å². The van der Waals surface area contributed by atoms with E-state index >= 15 is 0 Å². The summed E-state index contributed by atoms with van der Waals surface area (Å²) in [6.07, 6.45) is 0. The number of thioether (sulfide) groups is 1. The number of aliphatic carboxylic acids is 1. The highest BCUT2D eigenvalue weighted by Gasteiger charge is 2.29. The lowest BCUT2D eigenvalue weighted by Gasteiger charge is -2.32. The SMILES string of the molecule is Cc1c(C(=O)N2CCN(C)CC2)nc(-c2ccc(SC(C)(C)C(=O)O)cc2)n1C. The fraction of sp³-hybridized carbons (Fsp3) is 0.476. The lowest BCUT2D eigenvalue weighted by molar-refractivity contribution is -0.138. The summed E-state index contributed by atoms with van der Waals surface area (Å²) in [6, 6.07) is 7.64. The van der Waals surface area contributed by atoms with Gasteiger partial charge in [-0.2, -0.15) is 0 Å². The van der Waals surface area contributed by atoms with Gasteiger partial charge >= 0.3 is 5.97 Å². The van der Waals surface area contributed by atoms with E-state index in [0.717, 1.165) is 35.1 Å². The van der Waals surface area contributed by atoms with Crippen molar-refractivity contribution in [2.24, 2.45) is 7.05 Å². The molecule has 0 aliphatic carbocycles.